The van der Waals surface area contributed by atoms with Crippen LogP contribution in [-0.4, -0.2) is 49.7 Å². The van der Waals surface area contributed by atoms with E-state index in [1.54, 1.807) is 29.2 Å². The average Bonchev–Trinajstić information content (AvgIpc) is 2.78. The molecule has 0 saturated carbocycles. The molecule has 5 nitrogen and oxygen atoms in total. The van der Waals surface area contributed by atoms with Crippen molar-refractivity contribution in [2.75, 3.05) is 26.2 Å². The number of nitrogens with zero attached hydrogens (tertiary/aromatic N) is 2. The SMILES string of the molecule is O=C(/C=C/c1ccccc1)N1CCN(S(=O)(=O)c2ccc3ccccc3c2)CC1. The molecular weight excluding hydrogens is 384 g/mol. The fourth-order valence-electron chi connectivity index (χ4n) is 3.46. The van der Waals surface area contributed by atoms with Gasteiger partial charge in [0.2, 0.25) is 15.9 Å². The summed E-state index contributed by atoms with van der Waals surface area (Å²) < 4.78 is 27.5. The van der Waals surface area contributed by atoms with Gasteiger partial charge in [-0.15, -0.1) is 0 Å². The number of hydrogen-bond acceptors (Lipinski definition) is 3. The van der Waals surface area contributed by atoms with Gasteiger partial charge in [-0.2, -0.15) is 4.31 Å². The van der Waals surface area contributed by atoms with Crippen LogP contribution in [0.1, 0.15) is 5.56 Å². The largest absolute Gasteiger partial charge is 0.337 e. The van der Waals surface area contributed by atoms with E-state index in [2.05, 4.69) is 0 Å². The maximum absolute atomic E-state index is 13.0. The summed E-state index contributed by atoms with van der Waals surface area (Å²) in [4.78, 5) is 14.4. The van der Waals surface area contributed by atoms with Crippen LogP contribution in [0.4, 0.5) is 0 Å². The first kappa shape index (κ1) is 19.4. The third-order valence-corrected chi connectivity index (χ3v) is 7.02. The molecule has 0 spiro atoms. The maximum Gasteiger partial charge on any atom is 0.246 e. The number of benzene rings is 3. The summed E-state index contributed by atoms with van der Waals surface area (Å²) in [5, 5.41) is 1.90. The molecule has 1 fully saturated rings. The summed E-state index contributed by atoms with van der Waals surface area (Å²) in [5.74, 6) is -0.100. The maximum atomic E-state index is 13.0. The fourth-order valence-corrected chi connectivity index (χ4v) is 4.92. The zero-order valence-corrected chi connectivity index (χ0v) is 16.8. The van der Waals surface area contributed by atoms with Gasteiger partial charge in [0, 0.05) is 32.3 Å². The molecule has 4 rings (SSSR count). The molecular formula is C23H22N2O3S. The number of carbonyl (C=O) groups is 1. The lowest BCUT2D eigenvalue weighted by Crippen LogP contribution is -2.50. The number of hydrogen-bond donors (Lipinski definition) is 0. The summed E-state index contributed by atoms with van der Waals surface area (Å²) in [6.07, 6.45) is 3.32. The minimum Gasteiger partial charge on any atom is -0.337 e. The number of rotatable bonds is 4. The van der Waals surface area contributed by atoms with E-state index in [-0.39, 0.29) is 5.91 Å². The van der Waals surface area contributed by atoms with Crippen molar-refractivity contribution in [3.05, 3.63) is 84.4 Å². The van der Waals surface area contributed by atoms with E-state index in [1.165, 1.54) is 4.31 Å². The molecule has 0 unspecified atom stereocenters. The van der Waals surface area contributed by atoms with Crippen LogP contribution in [0.15, 0.2) is 83.8 Å². The van der Waals surface area contributed by atoms with E-state index in [4.69, 9.17) is 0 Å². The predicted octanol–water partition coefficient (Wildman–Crippen LogP) is 3.39. The van der Waals surface area contributed by atoms with Gasteiger partial charge >= 0.3 is 0 Å². The predicted molar refractivity (Wildman–Crippen MR) is 115 cm³/mol. The van der Waals surface area contributed by atoms with Gasteiger partial charge in [-0.1, -0.05) is 60.7 Å². The van der Waals surface area contributed by atoms with Crippen molar-refractivity contribution in [2.24, 2.45) is 0 Å². The molecule has 1 aliphatic heterocycles. The Morgan fingerprint density at radius 3 is 2.17 bits per heavy atom. The van der Waals surface area contributed by atoms with Crippen LogP contribution >= 0.6 is 0 Å². The molecule has 148 valence electrons. The van der Waals surface area contributed by atoms with Crippen LogP contribution in [0.5, 0.6) is 0 Å². The third-order valence-electron chi connectivity index (χ3n) is 5.13. The van der Waals surface area contributed by atoms with E-state index in [0.717, 1.165) is 16.3 Å². The molecule has 6 heteroatoms. The normalized spacial score (nSPS) is 15.8. The Bertz CT molecular complexity index is 1150. The van der Waals surface area contributed by atoms with Crippen LogP contribution < -0.4 is 0 Å². The average molecular weight is 407 g/mol. The standard InChI is InChI=1S/C23H22N2O3S/c26-23(13-10-19-6-2-1-3-7-19)24-14-16-25(17-15-24)29(27,28)22-12-11-20-8-4-5-9-21(20)18-22/h1-13,18H,14-17H2/b13-10+. The first-order chi connectivity index (χ1) is 14.0. The third kappa shape index (κ3) is 4.23. The number of carbonyl (C=O) groups excluding carboxylic acids is 1. The fraction of sp³-hybridized carbons (Fsp3) is 0.174. The van der Waals surface area contributed by atoms with E-state index in [0.29, 0.717) is 31.1 Å². The monoisotopic (exact) mass is 406 g/mol. The van der Waals surface area contributed by atoms with Gasteiger partial charge in [-0.3, -0.25) is 4.79 Å². The molecule has 0 aliphatic carbocycles. The first-order valence-corrected chi connectivity index (χ1v) is 11.0. The van der Waals surface area contributed by atoms with Gasteiger partial charge in [-0.05, 0) is 34.5 Å². The van der Waals surface area contributed by atoms with Gasteiger partial charge < -0.3 is 4.90 Å². The Hall–Kier alpha value is -2.96. The molecule has 1 aliphatic rings. The molecule has 0 radical (unpaired) electrons. The summed E-state index contributed by atoms with van der Waals surface area (Å²) >= 11 is 0. The molecule has 1 saturated heterocycles. The highest BCUT2D eigenvalue weighted by Gasteiger charge is 2.29. The smallest absolute Gasteiger partial charge is 0.246 e. The van der Waals surface area contributed by atoms with Crippen molar-refractivity contribution in [3.63, 3.8) is 0 Å². The van der Waals surface area contributed by atoms with Crippen molar-refractivity contribution < 1.29 is 13.2 Å². The van der Waals surface area contributed by atoms with E-state index in [1.807, 2.05) is 60.7 Å². The number of amides is 1. The highest BCUT2D eigenvalue weighted by atomic mass is 32.2. The van der Waals surface area contributed by atoms with Gasteiger partial charge in [-0.25, -0.2) is 8.42 Å². The second-order valence-corrected chi connectivity index (χ2v) is 8.92. The number of fused-ring (bicyclic) bond motifs is 1. The number of sulfonamides is 1. The zero-order chi connectivity index (χ0) is 20.3. The van der Waals surface area contributed by atoms with E-state index in [9.17, 15) is 13.2 Å². The van der Waals surface area contributed by atoms with E-state index < -0.39 is 10.0 Å². The summed E-state index contributed by atoms with van der Waals surface area (Å²) in [6.45, 7) is 1.34. The Kier molecular flexibility index (Phi) is 5.47. The molecule has 0 bridgehead atoms. The van der Waals surface area contributed by atoms with Crippen LogP contribution in [0.25, 0.3) is 16.8 Å². The molecule has 3 aromatic carbocycles. The second kappa shape index (κ2) is 8.19. The molecule has 1 amide bonds. The quantitative estimate of drug-likeness (QED) is 0.624. The zero-order valence-electron chi connectivity index (χ0n) is 15.9. The van der Waals surface area contributed by atoms with Crippen LogP contribution in [0, 0.1) is 0 Å². The lowest BCUT2D eigenvalue weighted by Gasteiger charge is -2.33. The molecule has 3 aromatic rings. The lowest BCUT2D eigenvalue weighted by molar-refractivity contribution is -0.127. The molecule has 29 heavy (non-hydrogen) atoms. The molecule has 0 aromatic heterocycles. The Morgan fingerprint density at radius 1 is 0.793 bits per heavy atom. The van der Waals surface area contributed by atoms with Crippen molar-refractivity contribution in [1.82, 2.24) is 9.21 Å². The Balaban J connectivity index is 1.42. The summed E-state index contributed by atoms with van der Waals surface area (Å²) in [5.41, 5.74) is 0.957. The van der Waals surface area contributed by atoms with Crippen LogP contribution in [0.3, 0.4) is 0 Å². The van der Waals surface area contributed by atoms with Crippen molar-refractivity contribution >= 4 is 32.8 Å². The minimum atomic E-state index is -3.58. The lowest BCUT2D eigenvalue weighted by atomic mass is 10.1. The van der Waals surface area contributed by atoms with Crippen molar-refractivity contribution in [1.29, 1.82) is 0 Å². The van der Waals surface area contributed by atoms with Gasteiger partial charge in [0.05, 0.1) is 4.90 Å². The van der Waals surface area contributed by atoms with Gasteiger partial charge in [0.1, 0.15) is 0 Å². The van der Waals surface area contributed by atoms with Crippen molar-refractivity contribution in [3.8, 4) is 0 Å². The molecule has 1 heterocycles. The summed E-state index contributed by atoms with van der Waals surface area (Å²) in [6, 6.07) is 22.5. The van der Waals surface area contributed by atoms with Crippen LogP contribution in [-0.2, 0) is 14.8 Å². The second-order valence-electron chi connectivity index (χ2n) is 6.98. The topological polar surface area (TPSA) is 57.7 Å². The summed E-state index contributed by atoms with van der Waals surface area (Å²) in [7, 11) is -3.58. The molecule has 0 N–H and O–H groups in total. The minimum absolute atomic E-state index is 0.100. The highest BCUT2D eigenvalue weighted by molar-refractivity contribution is 7.89. The van der Waals surface area contributed by atoms with Gasteiger partial charge in [0.15, 0.2) is 0 Å². The Morgan fingerprint density at radius 2 is 1.45 bits per heavy atom. The highest BCUT2D eigenvalue weighted by Crippen LogP contribution is 2.23. The van der Waals surface area contributed by atoms with Crippen LogP contribution in [0.2, 0.25) is 0 Å². The van der Waals surface area contributed by atoms with Crippen molar-refractivity contribution in [2.45, 2.75) is 4.90 Å². The first-order valence-electron chi connectivity index (χ1n) is 9.55. The van der Waals surface area contributed by atoms with E-state index >= 15 is 0 Å². The Labute approximate surface area is 170 Å². The molecule has 0 atom stereocenters. The number of piperazine rings is 1. The van der Waals surface area contributed by atoms with Gasteiger partial charge in [0.25, 0.3) is 0 Å².